The first-order valence-corrected chi connectivity index (χ1v) is 5.24. The number of hydrogen-bond donors (Lipinski definition) is 1. The fourth-order valence-electron chi connectivity index (χ4n) is 1.63. The van der Waals surface area contributed by atoms with Gasteiger partial charge in [0.05, 0.1) is 0 Å². The fraction of sp³-hybridized carbons (Fsp3) is 0.455. The minimum absolute atomic E-state index is 0.179. The number of halogens is 2. The normalized spacial score (nSPS) is 18.2. The van der Waals surface area contributed by atoms with Crippen LogP contribution in [0, 0.1) is 11.7 Å². The maximum atomic E-state index is 12.7. The van der Waals surface area contributed by atoms with Crippen LogP contribution in [0.3, 0.4) is 0 Å². The van der Waals surface area contributed by atoms with Crippen LogP contribution in [-0.2, 0) is 6.42 Å². The second-order valence-electron chi connectivity index (χ2n) is 3.94. The third-order valence-corrected chi connectivity index (χ3v) is 3.05. The monoisotopic (exact) mass is 213 g/mol. The molecular weight excluding hydrogens is 201 g/mol. The van der Waals surface area contributed by atoms with Crippen LogP contribution in [0.15, 0.2) is 18.2 Å². The summed E-state index contributed by atoms with van der Waals surface area (Å²) in [5.74, 6) is 0.356. The van der Waals surface area contributed by atoms with Crippen LogP contribution >= 0.6 is 11.6 Å². The molecule has 1 aliphatic carbocycles. The number of rotatable bonds is 3. The van der Waals surface area contributed by atoms with Crippen molar-refractivity contribution in [3.05, 3.63) is 34.6 Å². The Morgan fingerprint density at radius 3 is 2.79 bits per heavy atom. The molecule has 2 N–H and O–H groups in total. The van der Waals surface area contributed by atoms with Gasteiger partial charge in [0, 0.05) is 11.1 Å². The van der Waals surface area contributed by atoms with Crippen LogP contribution in [0.2, 0.25) is 5.02 Å². The van der Waals surface area contributed by atoms with Crippen LogP contribution in [0.25, 0.3) is 0 Å². The summed E-state index contributed by atoms with van der Waals surface area (Å²) >= 11 is 5.90. The number of nitrogens with two attached hydrogens (primary N) is 1. The van der Waals surface area contributed by atoms with Crippen LogP contribution in [0.4, 0.5) is 4.39 Å². The van der Waals surface area contributed by atoms with Crippen molar-refractivity contribution in [2.75, 3.05) is 0 Å². The Kier molecular flexibility index (Phi) is 2.75. The van der Waals surface area contributed by atoms with Gasteiger partial charge in [-0.3, -0.25) is 0 Å². The summed E-state index contributed by atoms with van der Waals surface area (Å²) in [7, 11) is 0. The first-order chi connectivity index (χ1) is 6.66. The Balaban J connectivity index is 2.07. The molecule has 1 atom stereocenters. The van der Waals surface area contributed by atoms with Crippen molar-refractivity contribution in [3.8, 4) is 0 Å². The van der Waals surface area contributed by atoms with Crippen LogP contribution in [-0.4, -0.2) is 6.04 Å². The summed E-state index contributed by atoms with van der Waals surface area (Å²) in [6.07, 6.45) is 3.20. The first-order valence-electron chi connectivity index (χ1n) is 4.86. The maximum Gasteiger partial charge on any atom is 0.124 e. The third-order valence-electron chi connectivity index (χ3n) is 2.70. The Morgan fingerprint density at radius 2 is 2.21 bits per heavy atom. The molecule has 0 amide bonds. The molecular formula is C11H13ClFN. The van der Waals surface area contributed by atoms with E-state index < -0.39 is 0 Å². The molecule has 0 spiro atoms. The van der Waals surface area contributed by atoms with E-state index in [1.807, 2.05) is 0 Å². The second kappa shape index (κ2) is 3.87. The summed E-state index contributed by atoms with van der Waals surface area (Å²) in [5.41, 5.74) is 6.92. The van der Waals surface area contributed by atoms with E-state index in [0.29, 0.717) is 10.9 Å². The lowest BCUT2D eigenvalue weighted by atomic mass is 10.0. The lowest BCUT2D eigenvalue weighted by molar-refractivity contribution is 0.589. The molecule has 1 unspecified atom stereocenters. The summed E-state index contributed by atoms with van der Waals surface area (Å²) in [6.45, 7) is 0. The molecule has 1 fully saturated rings. The van der Waals surface area contributed by atoms with Crippen molar-refractivity contribution in [3.63, 3.8) is 0 Å². The summed E-state index contributed by atoms with van der Waals surface area (Å²) in [6, 6.07) is 4.68. The Labute approximate surface area is 88.1 Å². The molecule has 1 nitrogen and oxygen atoms in total. The van der Waals surface area contributed by atoms with E-state index in [1.165, 1.54) is 25.0 Å². The summed E-state index contributed by atoms with van der Waals surface area (Å²) in [5, 5.41) is 0.487. The standard InChI is InChI=1S/C11H13ClFN/c12-10-6-9(13)4-3-8(10)5-11(14)7-1-2-7/h3-4,6-7,11H,1-2,5,14H2. The summed E-state index contributed by atoms with van der Waals surface area (Å²) in [4.78, 5) is 0. The molecule has 0 bridgehead atoms. The Morgan fingerprint density at radius 1 is 1.50 bits per heavy atom. The van der Waals surface area contributed by atoms with Gasteiger partial charge in [-0.2, -0.15) is 0 Å². The van der Waals surface area contributed by atoms with E-state index in [2.05, 4.69) is 0 Å². The lowest BCUT2D eigenvalue weighted by Crippen LogP contribution is -2.25. The van der Waals surface area contributed by atoms with E-state index in [1.54, 1.807) is 6.07 Å². The van der Waals surface area contributed by atoms with E-state index in [-0.39, 0.29) is 11.9 Å². The smallest absolute Gasteiger partial charge is 0.124 e. The lowest BCUT2D eigenvalue weighted by Gasteiger charge is -2.11. The zero-order chi connectivity index (χ0) is 10.1. The quantitative estimate of drug-likeness (QED) is 0.821. The molecule has 0 saturated heterocycles. The van der Waals surface area contributed by atoms with Gasteiger partial charge in [-0.1, -0.05) is 17.7 Å². The van der Waals surface area contributed by atoms with Crippen molar-refractivity contribution in [1.29, 1.82) is 0 Å². The Bertz CT molecular complexity index is 336. The molecule has 3 heteroatoms. The second-order valence-corrected chi connectivity index (χ2v) is 4.35. The average Bonchev–Trinajstić information content (AvgIpc) is 2.92. The minimum Gasteiger partial charge on any atom is -0.327 e. The predicted octanol–water partition coefficient (Wildman–Crippen LogP) is 2.76. The van der Waals surface area contributed by atoms with Gasteiger partial charge >= 0.3 is 0 Å². The van der Waals surface area contributed by atoms with Gasteiger partial charge in [0.15, 0.2) is 0 Å². The third kappa shape index (κ3) is 2.25. The minimum atomic E-state index is -0.293. The Hall–Kier alpha value is -0.600. The van der Waals surface area contributed by atoms with Crippen LogP contribution in [0.5, 0.6) is 0 Å². The van der Waals surface area contributed by atoms with Crippen LogP contribution in [0.1, 0.15) is 18.4 Å². The molecule has 0 aliphatic heterocycles. The predicted molar refractivity (Wildman–Crippen MR) is 55.8 cm³/mol. The fourth-order valence-corrected chi connectivity index (χ4v) is 1.88. The zero-order valence-corrected chi connectivity index (χ0v) is 8.60. The molecule has 0 aromatic heterocycles. The van der Waals surface area contributed by atoms with E-state index in [0.717, 1.165) is 12.0 Å². The SMILES string of the molecule is NC(Cc1ccc(F)cc1Cl)C1CC1. The van der Waals surface area contributed by atoms with E-state index in [4.69, 9.17) is 17.3 Å². The zero-order valence-electron chi connectivity index (χ0n) is 7.84. The largest absolute Gasteiger partial charge is 0.327 e. The van der Waals surface area contributed by atoms with Crippen molar-refractivity contribution in [2.24, 2.45) is 11.7 Å². The highest BCUT2D eigenvalue weighted by Gasteiger charge is 2.28. The molecule has 2 rings (SSSR count). The molecule has 76 valence electrons. The van der Waals surface area contributed by atoms with E-state index in [9.17, 15) is 4.39 Å². The summed E-state index contributed by atoms with van der Waals surface area (Å²) < 4.78 is 12.7. The van der Waals surface area contributed by atoms with Gasteiger partial charge in [-0.15, -0.1) is 0 Å². The van der Waals surface area contributed by atoms with E-state index >= 15 is 0 Å². The molecule has 1 saturated carbocycles. The van der Waals surface area contributed by atoms with Crippen molar-refractivity contribution in [2.45, 2.75) is 25.3 Å². The average molecular weight is 214 g/mol. The number of benzene rings is 1. The molecule has 1 aromatic carbocycles. The van der Waals surface area contributed by atoms with Gasteiger partial charge in [0.2, 0.25) is 0 Å². The molecule has 0 radical (unpaired) electrons. The molecule has 0 heterocycles. The number of hydrogen-bond acceptors (Lipinski definition) is 1. The highest BCUT2D eigenvalue weighted by Crippen LogP contribution is 2.33. The highest BCUT2D eigenvalue weighted by atomic mass is 35.5. The van der Waals surface area contributed by atoms with Gasteiger partial charge in [0.25, 0.3) is 0 Å². The van der Waals surface area contributed by atoms with Gasteiger partial charge in [-0.05, 0) is 42.9 Å². The van der Waals surface area contributed by atoms with Crippen molar-refractivity contribution >= 4 is 11.6 Å². The maximum absolute atomic E-state index is 12.7. The van der Waals surface area contributed by atoms with Gasteiger partial charge < -0.3 is 5.73 Å². The van der Waals surface area contributed by atoms with Crippen LogP contribution < -0.4 is 5.73 Å². The first kappa shape index (κ1) is 9.94. The molecule has 14 heavy (non-hydrogen) atoms. The van der Waals surface area contributed by atoms with Crippen molar-refractivity contribution in [1.82, 2.24) is 0 Å². The topological polar surface area (TPSA) is 26.0 Å². The molecule has 1 aliphatic rings. The van der Waals surface area contributed by atoms with Crippen molar-refractivity contribution < 1.29 is 4.39 Å². The molecule has 1 aromatic rings. The van der Waals surface area contributed by atoms with Gasteiger partial charge in [0.1, 0.15) is 5.82 Å². The van der Waals surface area contributed by atoms with Gasteiger partial charge in [-0.25, -0.2) is 4.39 Å². The highest BCUT2D eigenvalue weighted by molar-refractivity contribution is 6.31.